The van der Waals surface area contributed by atoms with Crippen LogP contribution < -0.4 is 4.74 Å². The minimum Gasteiger partial charge on any atom is -0.460 e. The van der Waals surface area contributed by atoms with Crippen molar-refractivity contribution in [2.24, 2.45) is 5.92 Å². The summed E-state index contributed by atoms with van der Waals surface area (Å²) in [6, 6.07) is 9.38. The summed E-state index contributed by atoms with van der Waals surface area (Å²) in [6.45, 7) is 2.16. The van der Waals surface area contributed by atoms with Crippen molar-refractivity contribution >= 4 is 5.97 Å². The van der Waals surface area contributed by atoms with Gasteiger partial charge in [-0.15, -0.1) is 0 Å². The average Bonchev–Trinajstić information content (AvgIpc) is 2.49. The molecule has 0 N–H and O–H groups in total. The lowest BCUT2D eigenvalue weighted by atomic mass is 9.89. The highest BCUT2D eigenvalue weighted by Crippen LogP contribution is 2.26. The number of carbonyl (C=O) groups excluding carboxylic acids is 1. The zero-order valence-electron chi connectivity index (χ0n) is 12.0. The van der Waals surface area contributed by atoms with Crippen molar-refractivity contribution in [3.8, 4) is 5.75 Å². The summed E-state index contributed by atoms with van der Waals surface area (Å²) in [5.41, 5.74) is 0. The first-order chi connectivity index (χ1) is 9.79. The fourth-order valence-corrected chi connectivity index (χ4v) is 2.48. The Bertz CT molecular complexity index is 445. The van der Waals surface area contributed by atoms with Gasteiger partial charge < -0.3 is 9.47 Å². The Labute approximate surface area is 120 Å². The van der Waals surface area contributed by atoms with Crippen molar-refractivity contribution in [3.05, 3.63) is 42.2 Å². The van der Waals surface area contributed by atoms with Crippen LogP contribution in [0.3, 0.4) is 0 Å². The number of carbonyl (C=O) groups is 1. The van der Waals surface area contributed by atoms with Crippen molar-refractivity contribution in [3.63, 3.8) is 0 Å². The van der Waals surface area contributed by atoms with Gasteiger partial charge in [0.15, 0.2) is 0 Å². The van der Waals surface area contributed by atoms with Crippen LogP contribution >= 0.6 is 0 Å². The third-order valence-corrected chi connectivity index (χ3v) is 3.48. The van der Waals surface area contributed by atoms with Gasteiger partial charge in [0.1, 0.15) is 5.75 Å². The molecule has 0 bridgehead atoms. The highest BCUT2D eigenvalue weighted by atomic mass is 16.6. The van der Waals surface area contributed by atoms with Crippen LogP contribution in [0.25, 0.3) is 0 Å². The highest BCUT2D eigenvalue weighted by molar-refractivity contribution is 5.86. The Morgan fingerprint density at radius 1 is 1.20 bits per heavy atom. The molecule has 0 atom stereocenters. The Morgan fingerprint density at radius 2 is 1.90 bits per heavy atom. The number of hydrogen-bond donors (Lipinski definition) is 0. The zero-order valence-corrected chi connectivity index (χ0v) is 12.0. The Morgan fingerprint density at radius 3 is 2.55 bits per heavy atom. The standard InChI is InChI=1S/C17H22O3/c1-2-19-17(18)16(13-14-9-5-3-6-10-14)20-15-11-7-4-8-12-15/h4,7-8,11-14H,2-3,5-6,9-10H2,1H3/b16-13-. The first kappa shape index (κ1) is 14.6. The minimum absolute atomic E-state index is 0.324. The van der Waals surface area contributed by atoms with E-state index in [1.54, 1.807) is 6.92 Å². The normalized spacial score (nSPS) is 16.8. The maximum absolute atomic E-state index is 12.0. The Kier molecular flexibility index (Phi) is 5.66. The molecule has 0 amide bonds. The van der Waals surface area contributed by atoms with E-state index in [0.29, 0.717) is 24.0 Å². The molecule has 1 aliphatic rings. The molecular formula is C17H22O3. The number of hydrogen-bond acceptors (Lipinski definition) is 3. The van der Waals surface area contributed by atoms with Crippen LogP contribution in [0.15, 0.2) is 42.2 Å². The van der Waals surface area contributed by atoms with Gasteiger partial charge in [0, 0.05) is 0 Å². The second kappa shape index (κ2) is 7.73. The van der Waals surface area contributed by atoms with Crippen molar-refractivity contribution in [2.45, 2.75) is 39.0 Å². The number of esters is 1. The molecule has 0 radical (unpaired) electrons. The van der Waals surface area contributed by atoms with E-state index in [1.165, 1.54) is 19.3 Å². The molecule has 0 aliphatic heterocycles. The van der Waals surface area contributed by atoms with E-state index in [4.69, 9.17) is 9.47 Å². The summed E-state index contributed by atoms with van der Waals surface area (Å²) in [5, 5.41) is 0. The molecule has 1 aliphatic carbocycles. The molecule has 108 valence electrons. The third kappa shape index (κ3) is 4.41. The third-order valence-electron chi connectivity index (χ3n) is 3.48. The van der Waals surface area contributed by atoms with Gasteiger partial charge in [0.2, 0.25) is 5.76 Å². The van der Waals surface area contributed by atoms with Crippen LogP contribution in [0.2, 0.25) is 0 Å². The number of ether oxygens (including phenoxy) is 2. The smallest absolute Gasteiger partial charge is 0.373 e. The number of rotatable bonds is 5. The van der Waals surface area contributed by atoms with Crippen molar-refractivity contribution < 1.29 is 14.3 Å². The van der Waals surface area contributed by atoms with Crippen molar-refractivity contribution in [1.29, 1.82) is 0 Å². The molecule has 3 heteroatoms. The summed E-state index contributed by atoms with van der Waals surface area (Å²) < 4.78 is 10.8. The molecule has 20 heavy (non-hydrogen) atoms. The van der Waals surface area contributed by atoms with Crippen molar-refractivity contribution in [2.75, 3.05) is 6.61 Å². The fraction of sp³-hybridized carbons (Fsp3) is 0.471. The van der Waals surface area contributed by atoms with Crippen LogP contribution in [-0.2, 0) is 9.53 Å². The van der Waals surface area contributed by atoms with Gasteiger partial charge >= 0.3 is 5.97 Å². The number of allylic oxidation sites excluding steroid dienone is 1. The summed E-state index contributed by atoms with van der Waals surface area (Å²) in [4.78, 5) is 12.0. The largest absolute Gasteiger partial charge is 0.460 e. The summed E-state index contributed by atoms with van der Waals surface area (Å²) in [6.07, 6.45) is 7.94. The summed E-state index contributed by atoms with van der Waals surface area (Å²) >= 11 is 0. The molecule has 0 aromatic heterocycles. The second-order valence-electron chi connectivity index (χ2n) is 5.06. The van der Waals surface area contributed by atoms with E-state index in [-0.39, 0.29) is 5.97 Å². The predicted molar refractivity (Wildman–Crippen MR) is 78.4 cm³/mol. The molecule has 1 saturated carbocycles. The minimum atomic E-state index is -0.373. The zero-order chi connectivity index (χ0) is 14.2. The Balaban J connectivity index is 2.11. The van der Waals surface area contributed by atoms with Crippen LogP contribution in [0.4, 0.5) is 0 Å². The van der Waals surface area contributed by atoms with Gasteiger partial charge in [0.05, 0.1) is 6.61 Å². The summed E-state index contributed by atoms with van der Waals surface area (Å²) in [5.74, 6) is 1.04. The van der Waals surface area contributed by atoms with Gasteiger partial charge in [0.25, 0.3) is 0 Å². The quantitative estimate of drug-likeness (QED) is 0.461. The van der Waals surface area contributed by atoms with Gasteiger partial charge in [-0.05, 0) is 43.9 Å². The monoisotopic (exact) mass is 274 g/mol. The van der Waals surface area contributed by atoms with Gasteiger partial charge in [-0.1, -0.05) is 37.5 Å². The van der Waals surface area contributed by atoms with Crippen LogP contribution in [0.1, 0.15) is 39.0 Å². The molecule has 0 spiro atoms. The van der Waals surface area contributed by atoms with Crippen molar-refractivity contribution in [1.82, 2.24) is 0 Å². The van der Waals surface area contributed by atoms with Crippen LogP contribution in [0, 0.1) is 5.92 Å². The topological polar surface area (TPSA) is 35.5 Å². The maximum Gasteiger partial charge on any atom is 0.373 e. The van der Waals surface area contributed by atoms with E-state index in [9.17, 15) is 4.79 Å². The lowest BCUT2D eigenvalue weighted by Crippen LogP contribution is -2.15. The molecule has 2 rings (SSSR count). The van der Waals surface area contributed by atoms with Crippen LogP contribution in [-0.4, -0.2) is 12.6 Å². The number of para-hydroxylation sites is 1. The Hall–Kier alpha value is -1.77. The molecule has 3 nitrogen and oxygen atoms in total. The first-order valence-corrected chi connectivity index (χ1v) is 7.41. The molecule has 1 fully saturated rings. The van der Waals surface area contributed by atoms with Gasteiger partial charge in [-0.2, -0.15) is 0 Å². The van der Waals surface area contributed by atoms with Crippen LogP contribution in [0.5, 0.6) is 5.75 Å². The highest BCUT2D eigenvalue weighted by Gasteiger charge is 2.18. The predicted octanol–water partition coefficient (Wildman–Crippen LogP) is 4.09. The second-order valence-corrected chi connectivity index (χ2v) is 5.06. The fourth-order valence-electron chi connectivity index (χ4n) is 2.48. The lowest BCUT2D eigenvalue weighted by molar-refractivity contribution is -0.141. The van der Waals surface area contributed by atoms with E-state index in [2.05, 4.69) is 0 Å². The SMILES string of the molecule is CCOC(=O)/C(=C/C1CCCCC1)Oc1ccccc1. The molecule has 1 aromatic rings. The average molecular weight is 274 g/mol. The van der Waals surface area contributed by atoms with Gasteiger partial charge in [-0.3, -0.25) is 0 Å². The molecule has 0 saturated heterocycles. The summed E-state index contributed by atoms with van der Waals surface area (Å²) in [7, 11) is 0. The van der Waals surface area contributed by atoms with E-state index < -0.39 is 0 Å². The molecule has 0 heterocycles. The molecular weight excluding hydrogens is 252 g/mol. The lowest BCUT2D eigenvalue weighted by Gasteiger charge is -2.19. The van der Waals surface area contributed by atoms with E-state index in [1.807, 2.05) is 36.4 Å². The first-order valence-electron chi connectivity index (χ1n) is 7.41. The van der Waals surface area contributed by atoms with E-state index >= 15 is 0 Å². The maximum atomic E-state index is 12.0. The molecule has 1 aromatic carbocycles. The van der Waals surface area contributed by atoms with E-state index in [0.717, 1.165) is 12.8 Å². The number of benzene rings is 1. The van der Waals surface area contributed by atoms with Gasteiger partial charge in [-0.25, -0.2) is 4.79 Å². The molecule has 0 unspecified atom stereocenters.